The average molecular weight is 303 g/mol. The van der Waals surface area contributed by atoms with Crippen LogP contribution in [0.25, 0.3) is 0 Å². The number of nitrogens with zero attached hydrogens (tertiary/aromatic N) is 1. The van der Waals surface area contributed by atoms with Crippen LogP contribution in [-0.4, -0.2) is 50.3 Å². The molecule has 0 atom stereocenters. The van der Waals surface area contributed by atoms with Crippen LogP contribution in [0.15, 0.2) is 24.3 Å². The van der Waals surface area contributed by atoms with Gasteiger partial charge in [0.2, 0.25) is 5.91 Å². The maximum absolute atomic E-state index is 11.1. The quantitative estimate of drug-likeness (QED) is 0.784. The number of hydrogen-bond acceptors (Lipinski definition) is 4. The zero-order valence-corrected chi connectivity index (χ0v) is 13.4. The Balaban J connectivity index is 1.52. The molecule has 2 aliphatic heterocycles. The van der Waals surface area contributed by atoms with Crippen LogP contribution >= 0.6 is 0 Å². The Morgan fingerprint density at radius 3 is 2.36 bits per heavy atom. The molecule has 2 aliphatic rings. The minimum absolute atomic E-state index is 0.0758. The molecule has 6 heteroatoms. The van der Waals surface area contributed by atoms with E-state index in [4.69, 9.17) is 14.0 Å². The van der Waals surface area contributed by atoms with Crippen molar-refractivity contribution in [2.45, 2.75) is 26.9 Å². The number of carbonyl (C=O) groups excluding carboxylic acids is 1. The van der Waals surface area contributed by atoms with E-state index < -0.39 is 0 Å². The normalized spacial score (nSPS) is 21.4. The Hall–Kier alpha value is -1.53. The Morgan fingerprint density at radius 2 is 1.82 bits per heavy atom. The fraction of sp³-hybridized carbons (Fsp3) is 0.562. The third-order valence-electron chi connectivity index (χ3n) is 4.00. The largest absolute Gasteiger partial charge is 0.493 e. The van der Waals surface area contributed by atoms with Crippen LogP contribution in [0, 0.1) is 5.41 Å². The van der Waals surface area contributed by atoms with E-state index in [9.17, 15) is 4.79 Å². The lowest BCUT2D eigenvalue weighted by molar-refractivity contribution is -0.137. The molecule has 1 aromatic rings. The standard InChI is InChI=1S/C16H22BNO4/c1-12(19)18-8-15(9-18)22-14-6-4-13(5-7-14)17-20-10-16(2,3)11-21-17/h4-7,15H,8-11H2,1-3H3. The van der Waals surface area contributed by atoms with Gasteiger partial charge in [-0.05, 0) is 17.6 Å². The molecular weight excluding hydrogens is 281 g/mol. The molecule has 1 amide bonds. The number of benzene rings is 1. The van der Waals surface area contributed by atoms with Crippen LogP contribution in [-0.2, 0) is 14.1 Å². The molecule has 0 aromatic heterocycles. The van der Waals surface area contributed by atoms with Gasteiger partial charge in [0, 0.05) is 25.6 Å². The van der Waals surface area contributed by atoms with Crippen molar-refractivity contribution in [3.63, 3.8) is 0 Å². The van der Waals surface area contributed by atoms with Crippen molar-refractivity contribution in [2.75, 3.05) is 26.3 Å². The number of hydrogen-bond donors (Lipinski definition) is 0. The van der Waals surface area contributed by atoms with Gasteiger partial charge >= 0.3 is 7.12 Å². The number of carbonyl (C=O) groups is 1. The van der Waals surface area contributed by atoms with Crippen molar-refractivity contribution in [1.29, 1.82) is 0 Å². The van der Waals surface area contributed by atoms with Crippen molar-refractivity contribution in [2.24, 2.45) is 5.41 Å². The van der Waals surface area contributed by atoms with Crippen LogP contribution in [0.4, 0.5) is 0 Å². The smallest absolute Gasteiger partial charge is 0.487 e. The van der Waals surface area contributed by atoms with E-state index in [1.165, 1.54) is 0 Å². The molecule has 2 heterocycles. The molecule has 118 valence electrons. The highest BCUT2D eigenvalue weighted by Crippen LogP contribution is 2.22. The van der Waals surface area contributed by atoms with Gasteiger partial charge in [0.1, 0.15) is 11.9 Å². The lowest BCUT2D eigenvalue weighted by Crippen LogP contribution is -2.55. The van der Waals surface area contributed by atoms with Gasteiger partial charge < -0.3 is 18.9 Å². The van der Waals surface area contributed by atoms with Gasteiger partial charge in [-0.15, -0.1) is 0 Å². The zero-order chi connectivity index (χ0) is 15.7. The highest BCUT2D eigenvalue weighted by atomic mass is 16.6. The summed E-state index contributed by atoms with van der Waals surface area (Å²) in [7, 11) is -0.293. The van der Waals surface area contributed by atoms with E-state index in [0.29, 0.717) is 26.3 Å². The number of likely N-dealkylation sites (tertiary alicyclic amines) is 1. The minimum atomic E-state index is -0.293. The summed E-state index contributed by atoms with van der Waals surface area (Å²) in [6.45, 7) is 8.56. The molecule has 2 saturated heterocycles. The summed E-state index contributed by atoms with van der Waals surface area (Å²) in [5.74, 6) is 0.915. The second kappa shape index (κ2) is 5.93. The summed E-state index contributed by atoms with van der Waals surface area (Å²) < 4.78 is 17.4. The maximum Gasteiger partial charge on any atom is 0.493 e. The molecular formula is C16H22BNO4. The zero-order valence-electron chi connectivity index (χ0n) is 13.4. The van der Waals surface area contributed by atoms with Crippen LogP contribution in [0.2, 0.25) is 0 Å². The number of rotatable bonds is 3. The van der Waals surface area contributed by atoms with Crippen LogP contribution in [0.3, 0.4) is 0 Å². The Morgan fingerprint density at radius 1 is 1.23 bits per heavy atom. The second-order valence-corrected chi connectivity index (χ2v) is 6.85. The molecule has 0 bridgehead atoms. The predicted octanol–water partition coefficient (Wildman–Crippen LogP) is 1.06. The Bertz CT molecular complexity index is 530. The fourth-order valence-electron chi connectivity index (χ4n) is 2.55. The molecule has 0 aliphatic carbocycles. The molecule has 3 rings (SSSR count). The van der Waals surface area contributed by atoms with E-state index in [2.05, 4.69) is 13.8 Å². The summed E-state index contributed by atoms with van der Waals surface area (Å²) in [5.41, 5.74) is 1.08. The van der Waals surface area contributed by atoms with Crippen molar-refractivity contribution in [3.8, 4) is 5.75 Å². The van der Waals surface area contributed by atoms with Crippen LogP contribution in [0.1, 0.15) is 20.8 Å². The topological polar surface area (TPSA) is 48.0 Å². The first kappa shape index (κ1) is 15.4. The van der Waals surface area contributed by atoms with Gasteiger partial charge in [0.05, 0.1) is 13.1 Å². The van der Waals surface area contributed by atoms with Gasteiger partial charge in [-0.1, -0.05) is 26.0 Å². The van der Waals surface area contributed by atoms with E-state index in [1.54, 1.807) is 11.8 Å². The minimum Gasteiger partial charge on any atom is -0.487 e. The van der Waals surface area contributed by atoms with E-state index in [-0.39, 0.29) is 24.5 Å². The van der Waals surface area contributed by atoms with E-state index in [0.717, 1.165) is 11.2 Å². The molecule has 0 N–H and O–H groups in total. The van der Waals surface area contributed by atoms with Gasteiger partial charge in [-0.2, -0.15) is 0 Å². The molecule has 2 fully saturated rings. The summed E-state index contributed by atoms with van der Waals surface area (Å²) in [4.78, 5) is 12.9. The molecule has 0 saturated carbocycles. The molecule has 22 heavy (non-hydrogen) atoms. The lowest BCUT2D eigenvalue weighted by Gasteiger charge is -2.38. The van der Waals surface area contributed by atoms with Crippen molar-refractivity contribution in [3.05, 3.63) is 24.3 Å². The third kappa shape index (κ3) is 3.44. The summed E-state index contributed by atoms with van der Waals surface area (Å²) >= 11 is 0. The first-order valence-corrected chi connectivity index (χ1v) is 7.68. The van der Waals surface area contributed by atoms with Crippen LogP contribution in [0.5, 0.6) is 5.75 Å². The Kier molecular flexibility index (Phi) is 4.15. The predicted molar refractivity (Wildman–Crippen MR) is 84.2 cm³/mol. The lowest BCUT2D eigenvalue weighted by atomic mass is 9.76. The highest BCUT2D eigenvalue weighted by molar-refractivity contribution is 6.61. The van der Waals surface area contributed by atoms with Gasteiger partial charge in [-0.3, -0.25) is 4.79 Å². The SMILES string of the molecule is CC(=O)N1CC(Oc2ccc(B3OCC(C)(C)CO3)cc2)C1. The molecule has 1 aromatic carbocycles. The van der Waals surface area contributed by atoms with Crippen LogP contribution < -0.4 is 10.2 Å². The van der Waals surface area contributed by atoms with Crippen molar-refractivity contribution in [1.82, 2.24) is 4.90 Å². The maximum atomic E-state index is 11.1. The third-order valence-corrected chi connectivity index (χ3v) is 4.00. The van der Waals surface area contributed by atoms with Gasteiger partial charge in [-0.25, -0.2) is 0 Å². The number of amides is 1. The summed E-state index contributed by atoms with van der Waals surface area (Å²) in [6, 6.07) is 7.80. The molecule has 0 unspecified atom stereocenters. The summed E-state index contributed by atoms with van der Waals surface area (Å²) in [6.07, 6.45) is 0.0951. The Labute approximate surface area is 131 Å². The molecule has 5 nitrogen and oxygen atoms in total. The van der Waals surface area contributed by atoms with Gasteiger partial charge in [0.15, 0.2) is 0 Å². The molecule has 0 spiro atoms. The fourth-order valence-corrected chi connectivity index (χ4v) is 2.55. The van der Waals surface area contributed by atoms with Crippen molar-refractivity contribution >= 4 is 18.5 Å². The molecule has 0 radical (unpaired) electrons. The second-order valence-electron chi connectivity index (χ2n) is 6.85. The van der Waals surface area contributed by atoms with Gasteiger partial charge in [0.25, 0.3) is 0 Å². The van der Waals surface area contributed by atoms with E-state index in [1.807, 2.05) is 24.3 Å². The number of ether oxygens (including phenoxy) is 1. The average Bonchev–Trinajstić information content (AvgIpc) is 2.43. The highest BCUT2D eigenvalue weighted by Gasteiger charge is 2.33. The van der Waals surface area contributed by atoms with E-state index >= 15 is 0 Å². The monoisotopic (exact) mass is 303 g/mol. The van der Waals surface area contributed by atoms with Crippen molar-refractivity contribution < 1.29 is 18.8 Å². The first-order chi connectivity index (χ1) is 10.4. The first-order valence-electron chi connectivity index (χ1n) is 7.68. The summed E-state index contributed by atoms with van der Waals surface area (Å²) in [5, 5.41) is 0.